The average Bonchev–Trinajstić information content (AvgIpc) is 3.35. The molecule has 0 fully saturated rings. The summed E-state index contributed by atoms with van der Waals surface area (Å²) in [6, 6.07) is 18.7. The number of aromatic nitrogens is 4. The molecule has 0 unspecified atom stereocenters. The molecule has 0 saturated heterocycles. The smallest absolute Gasteiger partial charge is 0.234 e. The molecule has 182 valence electrons. The molecular weight excluding hydrogens is 498 g/mol. The SMILES string of the molecule is COc1cc2nc(SCC(=O)Nc3cc(Cl)ccc3C)n3nc(-c4ccccc4)nc3c2cc1OC. The van der Waals surface area contributed by atoms with E-state index in [4.69, 9.17) is 36.1 Å². The molecule has 0 radical (unpaired) electrons. The number of benzene rings is 3. The van der Waals surface area contributed by atoms with Crippen LogP contribution in [0.5, 0.6) is 11.5 Å². The zero-order chi connectivity index (χ0) is 25.2. The molecule has 0 aliphatic rings. The van der Waals surface area contributed by atoms with Gasteiger partial charge in [0.25, 0.3) is 0 Å². The summed E-state index contributed by atoms with van der Waals surface area (Å²) in [5.74, 6) is 1.61. The number of anilines is 1. The number of halogens is 1. The van der Waals surface area contributed by atoms with Gasteiger partial charge in [0.2, 0.25) is 5.91 Å². The molecule has 0 spiro atoms. The number of thioether (sulfide) groups is 1. The van der Waals surface area contributed by atoms with Gasteiger partial charge in [0, 0.05) is 27.7 Å². The van der Waals surface area contributed by atoms with Crippen LogP contribution in [-0.4, -0.2) is 45.5 Å². The normalized spacial score (nSPS) is 11.1. The predicted octanol–water partition coefficient (Wildman–Crippen LogP) is 5.65. The lowest BCUT2D eigenvalue weighted by atomic mass is 10.2. The van der Waals surface area contributed by atoms with E-state index >= 15 is 0 Å². The molecule has 8 nitrogen and oxygen atoms in total. The quantitative estimate of drug-likeness (QED) is 0.219. The van der Waals surface area contributed by atoms with E-state index in [9.17, 15) is 4.79 Å². The first kappa shape index (κ1) is 23.9. The van der Waals surface area contributed by atoms with Crippen LogP contribution in [0.4, 0.5) is 5.69 Å². The standard InChI is InChI=1S/C26H22ClN5O3S/c1-15-9-10-17(27)11-19(15)28-23(33)14-36-26-29-20-13-22(35-3)21(34-2)12-18(20)25-30-24(31-32(25)26)16-7-5-4-6-8-16/h4-13H,14H2,1-3H3,(H,28,33). The van der Waals surface area contributed by atoms with Crippen LogP contribution in [0, 0.1) is 6.92 Å². The number of nitrogens with one attached hydrogen (secondary N) is 1. The summed E-state index contributed by atoms with van der Waals surface area (Å²) in [5.41, 5.74) is 3.73. The van der Waals surface area contributed by atoms with Crippen molar-refractivity contribution in [1.29, 1.82) is 0 Å². The molecule has 2 aromatic heterocycles. The van der Waals surface area contributed by atoms with Crippen LogP contribution < -0.4 is 14.8 Å². The van der Waals surface area contributed by atoms with Crippen molar-refractivity contribution in [2.75, 3.05) is 25.3 Å². The van der Waals surface area contributed by atoms with Crippen LogP contribution in [0.3, 0.4) is 0 Å². The Balaban J connectivity index is 1.55. The molecule has 1 amide bonds. The van der Waals surface area contributed by atoms with E-state index in [1.807, 2.05) is 49.4 Å². The first-order valence-corrected chi connectivity index (χ1v) is 12.4. The summed E-state index contributed by atoms with van der Waals surface area (Å²) < 4.78 is 12.6. The van der Waals surface area contributed by atoms with Crippen LogP contribution in [0.15, 0.2) is 65.8 Å². The van der Waals surface area contributed by atoms with Gasteiger partial charge in [-0.3, -0.25) is 4.79 Å². The molecule has 2 heterocycles. The lowest BCUT2D eigenvalue weighted by Gasteiger charge is -2.11. The number of ether oxygens (including phenoxy) is 2. The molecule has 0 aliphatic heterocycles. The van der Waals surface area contributed by atoms with Gasteiger partial charge in [-0.25, -0.2) is 9.97 Å². The van der Waals surface area contributed by atoms with Crippen LogP contribution in [0.1, 0.15) is 5.56 Å². The number of hydrogen-bond donors (Lipinski definition) is 1. The number of rotatable bonds is 7. The number of fused-ring (bicyclic) bond motifs is 3. The first-order valence-electron chi connectivity index (χ1n) is 11.0. The zero-order valence-corrected chi connectivity index (χ0v) is 21.4. The number of nitrogens with zero attached hydrogens (tertiary/aromatic N) is 4. The number of amides is 1. The van der Waals surface area contributed by atoms with Crippen LogP contribution in [0.2, 0.25) is 5.02 Å². The van der Waals surface area contributed by atoms with Gasteiger partial charge in [-0.2, -0.15) is 4.52 Å². The maximum absolute atomic E-state index is 12.8. The third-order valence-corrected chi connectivity index (χ3v) is 6.75. The van der Waals surface area contributed by atoms with Crippen molar-refractivity contribution in [3.63, 3.8) is 0 Å². The highest BCUT2D eigenvalue weighted by molar-refractivity contribution is 7.99. The Bertz CT molecular complexity index is 1590. The van der Waals surface area contributed by atoms with Gasteiger partial charge in [-0.15, -0.1) is 5.10 Å². The van der Waals surface area contributed by atoms with Crippen molar-refractivity contribution < 1.29 is 14.3 Å². The molecule has 0 saturated carbocycles. The molecule has 3 aromatic carbocycles. The Kier molecular flexibility index (Phi) is 6.67. The second kappa shape index (κ2) is 10.0. The number of methoxy groups -OCH3 is 2. The minimum absolute atomic E-state index is 0.118. The average molecular weight is 520 g/mol. The largest absolute Gasteiger partial charge is 0.493 e. The van der Waals surface area contributed by atoms with Gasteiger partial charge in [0.15, 0.2) is 28.1 Å². The molecule has 1 N–H and O–H groups in total. The summed E-state index contributed by atoms with van der Waals surface area (Å²) in [6.07, 6.45) is 0. The summed E-state index contributed by atoms with van der Waals surface area (Å²) in [7, 11) is 3.16. The Morgan fingerprint density at radius 2 is 1.78 bits per heavy atom. The zero-order valence-electron chi connectivity index (χ0n) is 19.8. The number of aryl methyl sites for hydroxylation is 1. The van der Waals surface area contributed by atoms with E-state index in [1.54, 1.807) is 36.9 Å². The van der Waals surface area contributed by atoms with Gasteiger partial charge in [0.05, 0.1) is 25.5 Å². The lowest BCUT2D eigenvalue weighted by Crippen LogP contribution is -2.15. The number of hydrogen-bond acceptors (Lipinski definition) is 7. The molecule has 5 aromatic rings. The van der Waals surface area contributed by atoms with Crippen LogP contribution in [0.25, 0.3) is 27.9 Å². The van der Waals surface area contributed by atoms with Gasteiger partial charge in [-0.05, 0) is 30.7 Å². The second-order valence-corrected chi connectivity index (χ2v) is 9.33. The number of carbonyl (C=O) groups excluding carboxylic acids is 1. The number of carbonyl (C=O) groups is 1. The van der Waals surface area contributed by atoms with Crippen LogP contribution in [-0.2, 0) is 4.79 Å². The minimum Gasteiger partial charge on any atom is -0.493 e. The fourth-order valence-electron chi connectivity index (χ4n) is 3.76. The highest BCUT2D eigenvalue weighted by atomic mass is 35.5. The fraction of sp³-hybridized carbons (Fsp3) is 0.154. The molecule has 10 heteroatoms. The predicted molar refractivity (Wildman–Crippen MR) is 142 cm³/mol. The Labute approximate surface area is 216 Å². The van der Waals surface area contributed by atoms with E-state index < -0.39 is 0 Å². The summed E-state index contributed by atoms with van der Waals surface area (Å²) in [4.78, 5) is 22.4. The van der Waals surface area contributed by atoms with Crippen molar-refractivity contribution in [2.24, 2.45) is 0 Å². The summed E-state index contributed by atoms with van der Waals surface area (Å²) in [5, 5.41) is 9.47. The van der Waals surface area contributed by atoms with Gasteiger partial charge in [0.1, 0.15) is 0 Å². The first-order chi connectivity index (χ1) is 17.5. The molecule has 5 rings (SSSR count). The Hall–Kier alpha value is -3.82. The van der Waals surface area contributed by atoms with E-state index in [1.165, 1.54) is 11.8 Å². The van der Waals surface area contributed by atoms with Crippen molar-refractivity contribution in [2.45, 2.75) is 12.1 Å². The van der Waals surface area contributed by atoms with Crippen molar-refractivity contribution >= 4 is 51.5 Å². The maximum atomic E-state index is 12.8. The fourth-order valence-corrected chi connectivity index (χ4v) is 4.68. The van der Waals surface area contributed by atoms with E-state index in [-0.39, 0.29) is 11.7 Å². The monoisotopic (exact) mass is 519 g/mol. The minimum atomic E-state index is -0.184. The highest BCUT2D eigenvalue weighted by Gasteiger charge is 2.19. The molecule has 0 aliphatic carbocycles. The molecular formula is C26H22ClN5O3S. The Morgan fingerprint density at radius 3 is 2.53 bits per heavy atom. The van der Waals surface area contributed by atoms with Crippen molar-refractivity contribution in [3.8, 4) is 22.9 Å². The van der Waals surface area contributed by atoms with Crippen LogP contribution >= 0.6 is 23.4 Å². The van der Waals surface area contributed by atoms with Crippen molar-refractivity contribution in [3.05, 3.63) is 71.2 Å². The van der Waals surface area contributed by atoms with E-state index in [0.717, 1.165) is 16.5 Å². The third kappa shape index (κ3) is 4.67. The summed E-state index contributed by atoms with van der Waals surface area (Å²) in [6.45, 7) is 1.91. The third-order valence-electron chi connectivity index (χ3n) is 5.59. The highest BCUT2D eigenvalue weighted by Crippen LogP contribution is 2.35. The molecule has 0 bridgehead atoms. The second-order valence-electron chi connectivity index (χ2n) is 7.95. The Morgan fingerprint density at radius 1 is 1.03 bits per heavy atom. The molecule has 0 atom stereocenters. The maximum Gasteiger partial charge on any atom is 0.234 e. The summed E-state index contributed by atoms with van der Waals surface area (Å²) >= 11 is 7.36. The van der Waals surface area contributed by atoms with Gasteiger partial charge in [-0.1, -0.05) is 59.8 Å². The lowest BCUT2D eigenvalue weighted by molar-refractivity contribution is -0.113. The molecule has 36 heavy (non-hydrogen) atoms. The van der Waals surface area contributed by atoms with Crippen molar-refractivity contribution in [1.82, 2.24) is 19.6 Å². The van der Waals surface area contributed by atoms with E-state index in [0.29, 0.717) is 44.4 Å². The topological polar surface area (TPSA) is 90.6 Å². The van der Waals surface area contributed by atoms with Gasteiger partial charge < -0.3 is 14.8 Å². The van der Waals surface area contributed by atoms with Gasteiger partial charge >= 0.3 is 0 Å². The van der Waals surface area contributed by atoms with E-state index in [2.05, 4.69) is 5.32 Å².